The molecule has 2 aromatic heterocycles. The summed E-state index contributed by atoms with van der Waals surface area (Å²) in [6.45, 7) is 3.39. The molecule has 2 amide bonds. The van der Waals surface area contributed by atoms with Gasteiger partial charge in [0, 0.05) is 64.1 Å². The SMILES string of the molecule is Cc1cccc2cc(CNC(=O)c3nccnc3N)c(N(C)CCN(C)C(=O)CN(C)N)nc12. The van der Waals surface area contributed by atoms with Crippen LogP contribution in [-0.4, -0.2) is 77.5 Å². The Morgan fingerprint density at radius 2 is 1.82 bits per heavy atom. The normalized spacial score (nSPS) is 11.0. The fourth-order valence-electron chi connectivity index (χ4n) is 3.49. The largest absolute Gasteiger partial charge is 0.382 e. The molecule has 11 nitrogen and oxygen atoms in total. The van der Waals surface area contributed by atoms with Crippen molar-refractivity contribution in [1.82, 2.24) is 30.2 Å². The number of carbonyl (C=O) groups excluding carboxylic acids is 2. The van der Waals surface area contributed by atoms with Gasteiger partial charge in [-0.15, -0.1) is 0 Å². The minimum atomic E-state index is -0.417. The van der Waals surface area contributed by atoms with Gasteiger partial charge in [0.05, 0.1) is 12.1 Å². The fourth-order valence-corrected chi connectivity index (χ4v) is 3.49. The van der Waals surface area contributed by atoms with E-state index in [0.717, 1.165) is 22.0 Å². The van der Waals surface area contributed by atoms with Crippen LogP contribution in [0.2, 0.25) is 0 Å². The van der Waals surface area contributed by atoms with Crippen molar-refractivity contribution in [2.24, 2.45) is 5.84 Å². The molecule has 3 rings (SSSR count). The van der Waals surface area contributed by atoms with E-state index >= 15 is 0 Å². The molecule has 0 unspecified atom stereocenters. The number of aromatic nitrogens is 3. The Kier molecular flexibility index (Phi) is 7.92. The number of benzene rings is 1. The standard InChI is InChI=1S/C23H31N9O2/c1-15-6-5-7-16-12-17(13-28-23(34)20-21(24)27-9-8-26-20)22(29-19(15)16)31(3)11-10-30(2)18(33)14-32(4)25/h5-9,12H,10-11,13-14,25H2,1-4H3,(H2,24,27)(H,28,34). The van der Waals surface area contributed by atoms with Gasteiger partial charge in [-0.05, 0) is 18.6 Å². The molecule has 0 aliphatic rings. The molecule has 1 aromatic carbocycles. The summed E-state index contributed by atoms with van der Waals surface area (Å²) >= 11 is 0. The highest BCUT2D eigenvalue weighted by atomic mass is 16.2. The van der Waals surface area contributed by atoms with E-state index in [1.165, 1.54) is 17.4 Å². The van der Waals surface area contributed by atoms with E-state index in [0.29, 0.717) is 18.9 Å². The number of hydrogen-bond acceptors (Lipinski definition) is 9. The number of hydrogen-bond donors (Lipinski definition) is 3. The third-order valence-electron chi connectivity index (χ3n) is 5.43. The highest BCUT2D eigenvalue weighted by Gasteiger charge is 2.17. The van der Waals surface area contributed by atoms with Crippen LogP contribution in [0.1, 0.15) is 21.6 Å². The molecule has 3 aromatic rings. The molecule has 0 fully saturated rings. The van der Waals surface area contributed by atoms with Crippen LogP contribution in [0.25, 0.3) is 10.9 Å². The van der Waals surface area contributed by atoms with E-state index in [4.69, 9.17) is 16.6 Å². The van der Waals surface area contributed by atoms with Crippen molar-refractivity contribution in [3.8, 4) is 0 Å². The lowest BCUT2D eigenvalue weighted by Gasteiger charge is -2.26. The Balaban J connectivity index is 1.83. The molecular formula is C23H31N9O2. The van der Waals surface area contributed by atoms with Crippen molar-refractivity contribution >= 4 is 34.4 Å². The van der Waals surface area contributed by atoms with Gasteiger partial charge in [-0.25, -0.2) is 20.0 Å². The number of rotatable bonds is 9. The molecule has 5 N–H and O–H groups in total. The lowest BCUT2D eigenvalue weighted by molar-refractivity contribution is -0.130. The first kappa shape index (κ1) is 24.8. The highest BCUT2D eigenvalue weighted by Crippen LogP contribution is 2.25. The van der Waals surface area contributed by atoms with Crippen molar-refractivity contribution < 1.29 is 9.59 Å². The molecule has 0 spiro atoms. The van der Waals surface area contributed by atoms with E-state index in [-0.39, 0.29) is 30.5 Å². The van der Waals surface area contributed by atoms with Crippen molar-refractivity contribution in [1.29, 1.82) is 0 Å². The van der Waals surface area contributed by atoms with Crippen molar-refractivity contribution in [3.05, 3.63) is 53.5 Å². The van der Waals surface area contributed by atoms with Crippen molar-refractivity contribution in [2.75, 3.05) is 51.4 Å². The third-order valence-corrected chi connectivity index (χ3v) is 5.43. The second-order valence-corrected chi connectivity index (χ2v) is 8.24. The minimum Gasteiger partial charge on any atom is -0.382 e. The Hall–Kier alpha value is -3.83. The van der Waals surface area contributed by atoms with Crippen LogP contribution in [0.4, 0.5) is 11.6 Å². The number of para-hydroxylation sites is 1. The summed E-state index contributed by atoms with van der Waals surface area (Å²) in [5.74, 6) is 5.88. The van der Waals surface area contributed by atoms with Gasteiger partial charge >= 0.3 is 0 Å². The predicted octanol–water partition coefficient (Wildman–Crippen LogP) is 0.546. The number of nitrogen functional groups attached to an aromatic ring is 1. The Morgan fingerprint density at radius 1 is 1.09 bits per heavy atom. The van der Waals surface area contributed by atoms with Gasteiger partial charge in [0.2, 0.25) is 5.91 Å². The van der Waals surface area contributed by atoms with Gasteiger partial charge in [-0.2, -0.15) is 0 Å². The van der Waals surface area contributed by atoms with Crippen LogP contribution in [0.15, 0.2) is 36.7 Å². The first-order chi connectivity index (χ1) is 16.2. The molecule has 11 heteroatoms. The zero-order valence-electron chi connectivity index (χ0n) is 19.9. The number of nitrogens with two attached hydrogens (primary N) is 2. The summed E-state index contributed by atoms with van der Waals surface area (Å²) in [5.41, 5.74) is 8.62. The molecule has 2 heterocycles. The van der Waals surface area contributed by atoms with Gasteiger partial charge in [0.1, 0.15) is 5.82 Å². The van der Waals surface area contributed by atoms with Gasteiger partial charge in [-0.3, -0.25) is 15.4 Å². The van der Waals surface area contributed by atoms with E-state index in [9.17, 15) is 9.59 Å². The Morgan fingerprint density at radius 3 is 2.53 bits per heavy atom. The summed E-state index contributed by atoms with van der Waals surface area (Å²) in [6, 6.07) is 7.98. The number of likely N-dealkylation sites (N-methyl/N-ethyl adjacent to an activating group) is 3. The second kappa shape index (κ2) is 10.9. The van der Waals surface area contributed by atoms with Gasteiger partial charge in [-0.1, -0.05) is 18.2 Å². The molecule has 0 aliphatic heterocycles. The predicted molar refractivity (Wildman–Crippen MR) is 132 cm³/mol. The number of anilines is 2. The number of aryl methyl sites for hydroxylation is 1. The van der Waals surface area contributed by atoms with Gasteiger partial charge in [0.15, 0.2) is 11.5 Å². The maximum absolute atomic E-state index is 12.6. The lowest BCUT2D eigenvalue weighted by atomic mass is 10.1. The monoisotopic (exact) mass is 465 g/mol. The van der Waals surface area contributed by atoms with E-state index < -0.39 is 5.91 Å². The van der Waals surface area contributed by atoms with Crippen LogP contribution in [0, 0.1) is 6.92 Å². The molecule has 0 aliphatic carbocycles. The van der Waals surface area contributed by atoms with Crippen LogP contribution in [-0.2, 0) is 11.3 Å². The van der Waals surface area contributed by atoms with Crippen molar-refractivity contribution in [2.45, 2.75) is 13.5 Å². The summed E-state index contributed by atoms with van der Waals surface area (Å²) in [5, 5.41) is 5.18. The maximum Gasteiger partial charge on any atom is 0.273 e. The van der Waals surface area contributed by atoms with Gasteiger partial charge < -0.3 is 20.9 Å². The topological polar surface area (TPSA) is 147 Å². The average molecular weight is 466 g/mol. The van der Waals surface area contributed by atoms with E-state index in [1.54, 1.807) is 19.0 Å². The lowest BCUT2D eigenvalue weighted by Crippen LogP contribution is -2.42. The molecule has 34 heavy (non-hydrogen) atoms. The quantitative estimate of drug-likeness (QED) is 0.304. The molecule has 0 bridgehead atoms. The molecule has 0 atom stereocenters. The minimum absolute atomic E-state index is 0.0698. The van der Waals surface area contributed by atoms with E-state index in [2.05, 4.69) is 15.3 Å². The average Bonchev–Trinajstić information content (AvgIpc) is 2.80. The first-order valence-corrected chi connectivity index (χ1v) is 10.8. The molecule has 0 saturated heterocycles. The maximum atomic E-state index is 12.6. The molecule has 0 radical (unpaired) electrons. The summed E-state index contributed by atoms with van der Waals surface area (Å²) < 4.78 is 0. The van der Waals surface area contributed by atoms with E-state index in [1.807, 2.05) is 43.1 Å². The number of nitrogens with zero attached hydrogens (tertiary/aromatic N) is 6. The van der Waals surface area contributed by atoms with Crippen LogP contribution in [0.3, 0.4) is 0 Å². The van der Waals surface area contributed by atoms with Crippen LogP contribution >= 0.6 is 0 Å². The van der Waals surface area contributed by atoms with Crippen LogP contribution < -0.4 is 21.8 Å². The summed E-state index contributed by atoms with van der Waals surface area (Å²) in [7, 11) is 5.30. The number of amides is 2. The number of hydrazine groups is 1. The second-order valence-electron chi connectivity index (χ2n) is 8.24. The third kappa shape index (κ3) is 5.94. The summed E-state index contributed by atoms with van der Waals surface area (Å²) in [4.78, 5) is 41.3. The molecule has 0 saturated carbocycles. The van der Waals surface area contributed by atoms with Crippen LogP contribution in [0.5, 0.6) is 0 Å². The zero-order chi connectivity index (χ0) is 24.8. The molecular weight excluding hydrogens is 434 g/mol. The van der Waals surface area contributed by atoms with Crippen molar-refractivity contribution in [3.63, 3.8) is 0 Å². The Bertz CT molecular complexity index is 1180. The molecule has 180 valence electrons. The smallest absolute Gasteiger partial charge is 0.273 e. The summed E-state index contributed by atoms with van der Waals surface area (Å²) in [6.07, 6.45) is 2.85. The number of pyridine rings is 1. The number of fused-ring (bicyclic) bond motifs is 1. The fraction of sp³-hybridized carbons (Fsp3) is 0.348. The van der Waals surface area contributed by atoms with Gasteiger partial charge in [0.25, 0.3) is 5.91 Å². The highest BCUT2D eigenvalue weighted by molar-refractivity contribution is 5.96. The first-order valence-electron chi connectivity index (χ1n) is 10.8. The zero-order valence-corrected chi connectivity index (χ0v) is 19.9. The Labute approximate surface area is 198 Å². The number of nitrogens with one attached hydrogen (secondary N) is 1. The number of carbonyl (C=O) groups is 2.